The molecule has 1 heterocycles. The molecule has 19 heavy (non-hydrogen) atoms. The lowest BCUT2D eigenvalue weighted by Crippen LogP contribution is -2.28. The van der Waals surface area contributed by atoms with Crippen LogP contribution in [0.1, 0.15) is 5.82 Å². The van der Waals surface area contributed by atoms with E-state index in [-0.39, 0.29) is 16.5 Å². The van der Waals surface area contributed by atoms with Crippen LogP contribution in [0.15, 0.2) is 29.2 Å². The van der Waals surface area contributed by atoms with Crippen molar-refractivity contribution < 1.29 is 8.42 Å². The second-order valence-corrected chi connectivity index (χ2v) is 6.33. The maximum absolute atomic E-state index is 12.4. The molecule has 0 aliphatic rings. The summed E-state index contributed by atoms with van der Waals surface area (Å²) in [6.07, 6.45) is 0. The van der Waals surface area contributed by atoms with E-state index >= 15 is 0 Å². The van der Waals surface area contributed by atoms with Crippen LogP contribution in [0.4, 0.5) is 0 Å². The molecule has 0 spiro atoms. The predicted octanol–water partition coefficient (Wildman–Crippen LogP) is 0.684. The smallest absolute Gasteiger partial charge is 0.231 e. The minimum atomic E-state index is -3.67. The second kappa shape index (κ2) is 5.24. The maximum atomic E-state index is 12.4. The van der Waals surface area contributed by atoms with Crippen molar-refractivity contribution in [2.45, 2.75) is 11.4 Å². The fourth-order valence-electron chi connectivity index (χ4n) is 1.49. The number of sulfonamides is 1. The molecule has 7 nitrogen and oxygen atoms in total. The van der Waals surface area contributed by atoms with Crippen molar-refractivity contribution in [3.05, 3.63) is 35.1 Å². The van der Waals surface area contributed by atoms with E-state index in [1.807, 2.05) is 0 Å². The maximum Gasteiger partial charge on any atom is 0.244 e. The standard InChI is InChI=1S/C10H12ClN5O2S/c1-15(7-10-12-13-14-16(10)2)19(17,18)9-6-4-3-5-8(9)11/h3-6H,7H2,1-2H3. The lowest BCUT2D eigenvalue weighted by molar-refractivity contribution is 0.447. The average Bonchev–Trinajstić information content (AvgIpc) is 2.75. The third-order valence-corrected chi connectivity index (χ3v) is 4.90. The predicted molar refractivity (Wildman–Crippen MR) is 68.9 cm³/mol. The SMILES string of the molecule is CN(Cc1nnnn1C)S(=O)(=O)c1ccccc1Cl. The minimum Gasteiger partial charge on any atom is -0.231 e. The third kappa shape index (κ3) is 2.75. The Morgan fingerprint density at radius 2 is 2.05 bits per heavy atom. The first kappa shape index (κ1) is 13.9. The zero-order valence-electron chi connectivity index (χ0n) is 10.4. The first-order chi connectivity index (χ1) is 8.93. The fraction of sp³-hybridized carbons (Fsp3) is 0.300. The van der Waals surface area contributed by atoms with E-state index in [0.717, 1.165) is 4.31 Å². The topological polar surface area (TPSA) is 81.0 Å². The van der Waals surface area contributed by atoms with Crippen LogP contribution in [0.25, 0.3) is 0 Å². The minimum absolute atomic E-state index is 0.0642. The number of hydrogen-bond acceptors (Lipinski definition) is 5. The molecule has 0 aliphatic heterocycles. The van der Waals surface area contributed by atoms with E-state index in [1.165, 1.54) is 23.9 Å². The Labute approximate surface area is 115 Å². The summed E-state index contributed by atoms with van der Waals surface area (Å²) >= 11 is 5.91. The molecule has 0 atom stereocenters. The van der Waals surface area contributed by atoms with Crippen LogP contribution in [-0.2, 0) is 23.6 Å². The van der Waals surface area contributed by atoms with E-state index in [1.54, 1.807) is 19.2 Å². The van der Waals surface area contributed by atoms with Gasteiger partial charge in [-0.05, 0) is 22.6 Å². The van der Waals surface area contributed by atoms with Gasteiger partial charge in [0.1, 0.15) is 4.90 Å². The fourth-order valence-corrected chi connectivity index (χ4v) is 3.10. The Hall–Kier alpha value is -1.51. The normalized spacial score (nSPS) is 12.0. The zero-order valence-corrected chi connectivity index (χ0v) is 11.9. The molecule has 1 aromatic carbocycles. The van der Waals surface area contributed by atoms with Crippen LogP contribution in [0, 0.1) is 0 Å². The molecule has 0 fully saturated rings. The summed E-state index contributed by atoms with van der Waals surface area (Å²) in [5, 5.41) is 11.0. The molecule has 0 saturated heterocycles. The van der Waals surface area contributed by atoms with Crippen LogP contribution in [-0.4, -0.2) is 40.0 Å². The van der Waals surface area contributed by atoms with Gasteiger partial charge in [0, 0.05) is 14.1 Å². The van der Waals surface area contributed by atoms with Crippen LogP contribution >= 0.6 is 11.6 Å². The van der Waals surface area contributed by atoms with Crippen LogP contribution < -0.4 is 0 Å². The molecule has 1 aromatic heterocycles. The van der Waals surface area contributed by atoms with Gasteiger partial charge < -0.3 is 0 Å². The number of rotatable bonds is 4. The summed E-state index contributed by atoms with van der Waals surface area (Å²) in [4.78, 5) is 0.0642. The monoisotopic (exact) mass is 301 g/mol. The van der Waals surface area contributed by atoms with Gasteiger partial charge >= 0.3 is 0 Å². The number of hydrogen-bond donors (Lipinski definition) is 0. The van der Waals surface area contributed by atoms with Crippen molar-refractivity contribution in [3.8, 4) is 0 Å². The Bertz CT molecular complexity index is 685. The molecule has 0 aliphatic carbocycles. The summed E-state index contributed by atoms with van der Waals surface area (Å²) in [7, 11) is -0.574. The number of aromatic nitrogens is 4. The van der Waals surface area contributed by atoms with E-state index in [0.29, 0.717) is 5.82 Å². The summed E-state index contributed by atoms with van der Waals surface area (Å²) in [5.41, 5.74) is 0. The lowest BCUT2D eigenvalue weighted by atomic mass is 10.4. The van der Waals surface area contributed by atoms with Crippen LogP contribution in [0.5, 0.6) is 0 Å². The molecular weight excluding hydrogens is 290 g/mol. The van der Waals surface area contributed by atoms with Crippen LogP contribution in [0.3, 0.4) is 0 Å². The molecule has 0 N–H and O–H groups in total. The van der Waals surface area contributed by atoms with Gasteiger partial charge in [0.05, 0.1) is 11.6 Å². The van der Waals surface area contributed by atoms with Crippen molar-refractivity contribution >= 4 is 21.6 Å². The van der Waals surface area contributed by atoms with Gasteiger partial charge in [-0.1, -0.05) is 23.7 Å². The van der Waals surface area contributed by atoms with Gasteiger partial charge in [0.15, 0.2) is 5.82 Å². The quantitative estimate of drug-likeness (QED) is 0.829. The van der Waals surface area contributed by atoms with Gasteiger partial charge in [0.25, 0.3) is 0 Å². The molecule has 0 bridgehead atoms. The summed E-state index contributed by atoms with van der Waals surface area (Å²) in [6, 6.07) is 6.29. The number of tetrazole rings is 1. The first-order valence-corrected chi connectivity index (χ1v) is 7.17. The van der Waals surface area contributed by atoms with E-state index in [2.05, 4.69) is 15.5 Å². The van der Waals surface area contributed by atoms with Crippen molar-refractivity contribution in [2.24, 2.45) is 7.05 Å². The number of benzene rings is 1. The summed E-state index contributed by atoms with van der Waals surface area (Å²) < 4.78 is 27.3. The molecule has 0 radical (unpaired) electrons. The van der Waals surface area contributed by atoms with E-state index in [9.17, 15) is 8.42 Å². The highest BCUT2D eigenvalue weighted by molar-refractivity contribution is 7.89. The van der Waals surface area contributed by atoms with Crippen molar-refractivity contribution in [1.29, 1.82) is 0 Å². The lowest BCUT2D eigenvalue weighted by Gasteiger charge is -2.16. The Balaban J connectivity index is 2.30. The van der Waals surface area contributed by atoms with E-state index in [4.69, 9.17) is 11.6 Å². The molecule has 0 saturated carbocycles. The van der Waals surface area contributed by atoms with Crippen molar-refractivity contribution in [3.63, 3.8) is 0 Å². The van der Waals surface area contributed by atoms with Gasteiger partial charge in [-0.25, -0.2) is 13.1 Å². The highest BCUT2D eigenvalue weighted by atomic mass is 35.5. The zero-order chi connectivity index (χ0) is 14.0. The molecule has 0 amide bonds. The molecule has 9 heteroatoms. The van der Waals surface area contributed by atoms with Gasteiger partial charge in [-0.3, -0.25) is 0 Å². The van der Waals surface area contributed by atoms with Crippen molar-refractivity contribution in [1.82, 2.24) is 24.5 Å². The van der Waals surface area contributed by atoms with Gasteiger partial charge in [-0.2, -0.15) is 4.31 Å². The molecule has 102 valence electrons. The first-order valence-electron chi connectivity index (χ1n) is 5.35. The Morgan fingerprint density at radius 1 is 1.37 bits per heavy atom. The third-order valence-electron chi connectivity index (χ3n) is 2.60. The largest absolute Gasteiger partial charge is 0.244 e. The number of halogens is 1. The second-order valence-electron chi connectivity index (χ2n) is 3.91. The average molecular weight is 302 g/mol. The summed E-state index contributed by atoms with van der Waals surface area (Å²) in [5.74, 6) is 0.443. The van der Waals surface area contributed by atoms with E-state index < -0.39 is 10.0 Å². The summed E-state index contributed by atoms with van der Waals surface area (Å²) in [6.45, 7) is 0.0665. The highest BCUT2D eigenvalue weighted by Crippen LogP contribution is 2.23. The molecular formula is C10H12ClN5O2S. The number of nitrogens with zero attached hydrogens (tertiary/aromatic N) is 5. The highest BCUT2D eigenvalue weighted by Gasteiger charge is 2.24. The van der Waals surface area contributed by atoms with Gasteiger partial charge in [-0.15, -0.1) is 5.10 Å². The molecule has 2 rings (SSSR count). The van der Waals surface area contributed by atoms with Crippen LogP contribution in [0.2, 0.25) is 5.02 Å². The Morgan fingerprint density at radius 3 is 2.63 bits per heavy atom. The Kier molecular flexibility index (Phi) is 3.83. The molecule has 0 unspecified atom stereocenters. The van der Waals surface area contributed by atoms with Gasteiger partial charge in [0.2, 0.25) is 10.0 Å². The number of aryl methyl sites for hydroxylation is 1. The molecule has 2 aromatic rings. The van der Waals surface area contributed by atoms with Crippen molar-refractivity contribution in [2.75, 3.05) is 7.05 Å².